The zero-order valence-corrected chi connectivity index (χ0v) is 24.2. The molecule has 1 atom stereocenters. The number of rotatable bonds is 18. The second-order valence-corrected chi connectivity index (χ2v) is 11.6. The molecule has 0 spiro atoms. The lowest BCUT2D eigenvalue weighted by Gasteiger charge is -2.22. The molecule has 0 fully saturated rings. The third-order valence-electron chi connectivity index (χ3n) is 6.47. The summed E-state index contributed by atoms with van der Waals surface area (Å²) >= 11 is 4.54. The van der Waals surface area contributed by atoms with Crippen LogP contribution in [0.5, 0.6) is 11.5 Å². The van der Waals surface area contributed by atoms with E-state index >= 15 is 0 Å². The number of hydrogen-bond acceptors (Lipinski definition) is 5. The molecule has 1 unspecified atom stereocenters. The number of aromatic amines is 1. The van der Waals surface area contributed by atoms with Crippen LogP contribution in [-0.2, 0) is 16.7 Å². The predicted octanol–water partition coefficient (Wildman–Crippen LogP) is 6.84. The lowest BCUT2D eigenvalue weighted by Crippen LogP contribution is -2.37. The largest absolute Gasteiger partial charge is 0.494 e. The van der Waals surface area contributed by atoms with Crippen LogP contribution < -0.4 is 13.6 Å². The van der Waals surface area contributed by atoms with Crippen LogP contribution in [-0.4, -0.2) is 37.2 Å². The van der Waals surface area contributed by atoms with E-state index in [-0.39, 0.29) is 0 Å². The Balaban J connectivity index is 1.32. The maximum Gasteiger partial charge on any atom is 0.288 e. The highest BCUT2D eigenvalue weighted by atomic mass is 35.5. The second-order valence-electron chi connectivity index (χ2n) is 10.3. The molecule has 2 heterocycles. The van der Waals surface area contributed by atoms with Crippen molar-refractivity contribution in [2.45, 2.75) is 97.3 Å². The monoisotopic (exact) mass is 551 g/mol. The minimum absolute atomic E-state index is 0.357. The van der Waals surface area contributed by atoms with Crippen molar-refractivity contribution in [3.63, 3.8) is 0 Å². The van der Waals surface area contributed by atoms with E-state index in [1.165, 1.54) is 57.8 Å². The van der Waals surface area contributed by atoms with Gasteiger partial charge >= 0.3 is 0 Å². The van der Waals surface area contributed by atoms with Gasteiger partial charge in [-0.2, -0.15) is 4.21 Å². The first-order valence-corrected chi connectivity index (χ1v) is 14.9. The summed E-state index contributed by atoms with van der Waals surface area (Å²) in [5.41, 5.74) is 0.917. The maximum atomic E-state index is 12.5. The molecular weight excluding hydrogens is 510 g/mol. The molecule has 0 bridgehead atoms. The van der Waals surface area contributed by atoms with Crippen LogP contribution in [0.3, 0.4) is 0 Å². The van der Waals surface area contributed by atoms with Gasteiger partial charge in [0.2, 0.25) is 0 Å². The van der Waals surface area contributed by atoms with E-state index < -0.39 is 16.7 Å². The van der Waals surface area contributed by atoms with Crippen molar-refractivity contribution in [2.75, 3.05) is 13.2 Å². The first kappa shape index (κ1) is 29.5. The maximum absolute atomic E-state index is 12.5. The van der Waals surface area contributed by atoms with E-state index in [4.69, 9.17) is 20.5 Å². The molecule has 206 valence electrons. The van der Waals surface area contributed by atoms with Gasteiger partial charge in [0.1, 0.15) is 16.5 Å². The van der Waals surface area contributed by atoms with Crippen molar-refractivity contribution in [2.24, 2.45) is 0 Å². The van der Waals surface area contributed by atoms with Gasteiger partial charge in [0.25, 0.3) is 11.3 Å². The van der Waals surface area contributed by atoms with E-state index in [9.17, 15) is 4.21 Å². The molecule has 2 N–H and O–H groups in total. The Morgan fingerprint density at radius 2 is 1.57 bits per heavy atom. The number of nitrogens with zero attached hydrogens (tertiary/aromatic N) is 3. The van der Waals surface area contributed by atoms with Crippen LogP contribution in [0.4, 0.5) is 0 Å². The van der Waals surface area contributed by atoms with Crippen molar-refractivity contribution in [1.82, 2.24) is 24.5 Å². The minimum atomic E-state index is -1.72. The molecule has 0 aliphatic heterocycles. The highest BCUT2D eigenvalue weighted by Crippen LogP contribution is 2.26. The Kier molecular flexibility index (Phi) is 11.7. The first-order chi connectivity index (χ1) is 17.8. The van der Waals surface area contributed by atoms with Gasteiger partial charge < -0.3 is 8.92 Å². The molecule has 0 amide bonds. The normalized spacial score (nSPS) is 12.8. The molecule has 8 nitrogen and oxygen atoms in total. The molecular formula is C27H42ClN5O3S. The van der Waals surface area contributed by atoms with Gasteiger partial charge in [-0.3, -0.25) is 5.10 Å². The van der Waals surface area contributed by atoms with E-state index in [2.05, 4.69) is 26.9 Å². The average Bonchev–Trinajstić information content (AvgIpc) is 3.42. The number of nitrogens with one attached hydrogen (secondary N) is 2. The quantitative estimate of drug-likeness (QED) is 0.169. The Labute approximate surface area is 228 Å². The Bertz CT molecular complexity index is 1110. The zero-order valence-electron chi connectivity index (χ0n) is 22.6. The molecule has 0 aliphatic rings. The Morgan fingerprint density at radius 1 is 0.973 bits per heavy atom. The smallest absolute Gasteiger partial charge is 0.288 e. The van der Waals surface area contributed by atoms with Gasteiger partial charge in [0.15, 0.2) is 11.5 Å². The van der Waals surface area contributed by atoms with Crippen molar-refractivity contribution < 1.29 is 13.1 Å². The van der Waals surface area contributed by atoms with Gasteiger partial charge in [-0.15, -0.1) is 10.2 Å². The number of benzene rings is 1. The first-order valence-electron chi connectivity index (χ1n) is 13.5. The summed E-state index contributed by atoms with van der Waals surface area (Å²) < 4.78 is 28.6. The predicted molar refractivity (Wildman–Crippen MR) is 151 cm³/mol. The molecule has 2 aromatic heterocycles. The van der Waals surface area contributed by atoms with Gasteiger partial charge in [0.05, 0.1) is 12.3 Å². The molecule has 0 saturated carbocycles. The summed E-state index contributed by atoms with van der Waals surface area (Å²) in [6, 6.07) is 7.22. The summed E-state index contributed by atoms with van der Waals surface area (Å²) in [7, 11) is 0. The number of fused-ring (bicyclic) bond motifs is 1. The Morgan fingerprint density at radius 3 is 2.22 bits per heavy atom. The van der Waals surface area contributed by atoms with Crippen LogP contribution >= 0.6 is 11.6 Å². The van der Waals surface area contributed by atoms with Gasteiger partial charge in [-0.1, -0.05) is 90.2 Å². The third kappa shape index (κ3) is 9.00. The Hall–Kier alpha value is -2.10. The van der Waals surface area contributed by atoms with E-state index in [1.54, 1.807) is 16.6 Å². The number of unbranched alkanes of at least 4 members (excludes halogenated alkanes) is 9. The van der Waals surface area contributed by atoms with E-state index in [0.717, 1.165) is 17.9 Å². The third-order valence-corrected chi connectivity index (χ3v) is 7.64. The number of aryl methyl sites for hydroxylation is 1. The highest BCUT2D eigenvalue weighted by molar-refractivity contribution is 7.78. The van der Waals surface area contributed by atoms with Crippen LogP contribution in [0, 0.1) is 6.92 Å². The van der Waals surface area contributed by atoms with E-state index in [1.807, 2.05) is 32.9 Å². The lowest BCUT2D eigenvalue weighted by molar-refractivity contribution is 0.304. The standard InChI is InChI=1S/C27H42ClN5O3S/c1-5-6-7-8-9-10-11-12-13-14-19-35-22-15-17-23(18-16-22)36-37(34)29-20-27(3,4)26-31-30-25-24(28)21(2)32-33(25)26/h15-18,29,32H,5-14,19-20H2,1-4H3. The summed E-state index contributed by atoms with van der Waals surface area (Å²) in [6.07, 6.45) is 13.0. The molecule has 1 aromatic carbocycles. The van der Waals surface area contributed by atoms with Crippen LogP contribution in [0.1, 0.15) is 96.5 Å². The highest BCUT2D eigenvalue weighted by Gasteiger charge is 2.29. The summed E-state index contributed by atoms with van der Waals surface area (Å²) in [6.45, 7) is 9.17. The lowest BCUT2D eigenvalue weighted by atomic mass is 9.93. The zero-order chi connectivity index (χ0) is 26.7. The van der Waals surface area contributed by atoms with Crippen LogP contribution in [0.2, 0.25) is 5.02 Å². The van der Waals surface area contributed by atoms with Crippen LogP contribution in [0.15, 0.2) is 24.3 Å². The topological polar surface area (TPSA) is 93.5 Å². The molecule has 0 aliphatic carbocycles. The van der Waals surface area contributed by atoms with Gasteiger partial charge in [-0.05, 0) is 37.6 Å². The second kappa shape index (κ2) is 14.7. The number of ether oxygens (including phenoxy) is 1. The van der Waals surface area contributed by atoms with Gasteiger partial charge in [-0.25, -0.2) is 9.24 Å². The minimum Gasteiger partial charge on any atom is -0.494 e. The SMILES string of the molecule is CCCCCCCCCCCCOc1ccc(OS(=O)NCC(C)(C)c2nnc3c(Cl)c(C)[nH]n23)cc1. The number of halogens is 1. The average molecular weight is 552 g/mol. The molecule has 3 aromatic rings. The molecule has 0 radical (unpaired) electrons. The fourth-order valence-corrected chi connectivity index (χ4v) is 5.15. The van der Waals surface area contributed by atoms with E-state index in [0.29, 0.717) is 35.4 Å². The number of H-pyrrole nitrogens is 1. The number of aromatic nitrogens is 4. The fourth-order valence-electron chi connectivity index (χ4n) is 4.16. The van der Waals surface area contributed by atoms with Crippen molar-refractivity contribution in [3.05, 3.63) is 40.8 Å². The summed E-state index contributed by atoms with van der Waals surface area (Å²) in [4.78, 5) is 0. The molecule has 0 saturated heterocycles. The number of hydrogen-bond donors (Lipinski definition) is 2. The van der Waals surface area contributed by atoms with Crippen molar-refractivity contribution in [1.29, 1.82) is 0 Å². The van der Waals surface area contributed by atoms with Gasteiger partial charge in [0, 0.05) is 12.0 Å². The molecule has 10 heteroatoms. The van der Waals surface area contributed by atoms with Crippen molar-refractivity contribution >= 4 is 28.5 Å². The fraction of sp³-hybridized carbons (Fsp3) is 0.630. The van der Waals surface area contributed by atoms with Crippen molar-refractivity contribution in [3.8, 4) is 11.5 Å². The summed E-state index contributed by atoms with van der Waals surface area (Å²) in [5, 5.41) is 12.1. The molecule has 3 rings (SSSR count). The summed E-state index contributed by atoms with van der Waals surface area (Å²) in [5.74, 6) is 1.98. The van der Waals surface area contributed by atoms with Crippen LogP contribution in [0.25, 0.3) is 5.65 Å². The molecule has 37 heavy (non-hydrogen) atoms.